The molecule has 0 aliphatic carbocycles. The van der Waals surface area contributed by atoms with Crippen LogP contribution in [-0.2, 0) is 0 Å². The van der Waals surface area contributed by atoms with Crippen molar-refractivity contribution < 1.29 is 13.9 Å². The van der Waals surface area contributed by atoms with E-state index in [-0.39, 0.29) is 11.2 Å². The second-order valence-corrected chi connectivity index (χ2v) is 5.95. The Labute approximate surface area is 146 Å². The van der Waals surface area contributed by atoms with Gasteiger partial charge in [0.15, 0.2) is 11.2 Å². The van der Waals surface area contributed by atoms with Crippen molar-refractivity contribution in [1.82, 2.24) is 5.32 Å². The van der Waals surface area contributed by atoms with E-state index in [0.29, 0.717) is 29.9 Å². The van der Waals surface area contributed by atoms with Crippen LogP contribution in [0.1, 0.15) is 10.6 Å². The minimum Gasteiger partial charge on any atom is -0.492 e. The number of carbonyl (C=O) groups is 1. The van der Waals surface area contributed by atoms with Crippen molar-refractivity contribution in [1.29, 1.82) is 0 Å². The van der Waals surface area contributed by atoms with Gasteiger partial charge in [0.05, 0.1) is 11.9 Å². The lowest BCUT2D eigenvalue weighted by atomic mass is 10.2. The average Bonchev–Trinajstić information content (AvgIpc) is 2.58. The highest BCUT2D eigenvalue weighted by Crippen LogP contribution is 2.17. The molecular formula is C18H14BrNO4. The van der Waals surface area contributed by atoms with Crippen molar-refractivity contribution >= 4 is 32.8 Å². The molecule has 0 atom stereocenters. The van der Waals surface area contributed by atoms with Crippen molar-refractivity contribution in [3.05, 3.63) is 75.1 Å². The van der Waals surface area contributed by atoms with Gasteiger partial charge in [-0.25, -0.2) is 0 Å². The van der Waals surface area contributed by atoms with Gasteiger partial charge < -0.3 is 14.5 Å². The van der Waals surface area contributed by atoms with Gasteiger partial charge >= 0.3 is 0 Å². The third-order valence-corrected chi connectivity index (χ3v) is 3.80. The number of carbonyl (C=O) groups excluding carboxylic acids is 1. The van der Waals surface area contributed by atoms with Crippen LogP contribution in [0.4, 0.5) is 0 Å². The molecule has 0 aliphatic heterocycles. The SMILES string of the molecule is O=C(NCCOc1cccc(Br)c1)c1cc(=O)c2ccccc2o1. The van der Waals surface area contributed by atoms with Crippen LogP contribution in [0.15, 0.2) is 68.3 Å². The third-order valence-electron chi connectivity index (χ3n) is 3.31. The molecule has 0 bridgehead atoms. The molecule has 0 radical (unpaired) electrons. The number of hydrogen-bond acceptors (Lipinski definition) is 4. The molecular weight excluding hydrogens is 374 g/mol. The Kier molecular flexibility index (Phi) is 4.96. The highest BCUT2D eigenvalue weighted by molar-refractivity contribution is 9.10. The molecule has 2 aromatic carbocycles. The zero-order valence-corrected chi connectivity index (χ0v) is 14.2. The molecule has 3 aromatic rings. The smallest absolute Gasteiger partial charge is 0.287 e. The topological polar surface area (TPSA) is 68.5 Å². The number of benzene rings is 2. The number of ether oxygens (including phenoxy) is 1. The van der Waals surface area contributed by atoms with Crippen LogP contribution in [0, 0.1) is 0 Å². The Morgan fingerprint density at radius 1 is 1.12 bits per heavy atom. The number of fused-ring (bicyclic) bond motifs is 1. The maximum atomic E-state index is 12.1. The quantitative estimate of drug-likeness (QED) is 0.681. The minimum atomic E-state index is -0.448. The Balaban J connectivity index is 1.60. The number of amides is 1. The molecule has 0 spiro atoms. The average molecular weight is 388 g/mol. The van der Waals surface area contributed by atoms with Crippen molar-refractivity contribution in [2.45, 2.75) is 0 Å². The van der Waals surface area contributed by atoms with Gasteiger partial charge in [0.2, 0.25) is 0 Å². The standard InChI is InChI=1S/C18H14BrNO4/c19-12-4-3-5-13(10-12)23-9-8-20-18(22)17-11-15(21)14-6-1-2-7-16(14)24-17/h1-7,10-11H,8-9H2,(H,20,22). The van der Waals surface area contributed by atoms with Gasteiger partial charge in [-0.2, -0.15) is 0 Å². The minimum absolute atomic E-state index is 0.0128. The molecule has 0 saturated carbocycles. The molecule has 0 unspecified atom stereocenters. The van der Waals surface area contributed by atoms with Crippen LogP contribution >= 0.6 is 15.9 Å². The molecule has 0 fully saturated rings. The van der Waals surface area contributed by atoms with E-state index in [1.165, 1.54) is 6.07 Å². The Morgan fingerprint density at radius 2 is 1.96 bits per heavy atom. The zero-order valence-electron chi connectivity index (χ0n) is 12.6. The maximum absolute atomic E-state index is 12.1. The van der Waals surface area contributed by atoms with Crippen LogP contribution < -0.4 is 15.5 Å². The van der Waals surface area contributed by atoms with E-state index in [0.717, 1.165) is 4.47 Å². The summed E-state index contributed by atoms with van der Waals surface area (Å²) < 4.78 is 11.9. The fourth-order valence-corrected chi connectivity index (χ4v) is 2.57. The van der Waals surface area contributed by atoms with E-state index < -0.39 is 5.91 Å². The first-order chi connectivity index (χ1) is 11.6. The number of nitrogens with one attached hydrogen (secondary N) is 1. The lowest BCUT2D eigenvalue weighted by Crippen LogP contribution is -2.28. The van der Waals surface area contributed by atoms with Gasteiger partial charge in [-0.1, -0.05) is 34.1 Å². The lowest BCUT2D eigenvalue weighted by molar-refractivity contribution is 0.0920. The van der Waals surface area contributed by atoms with Crippen molar-refractivity contribution in [3.8, 4) is 5.75 Å². The highest BCUT2D eigenvalue weighted by Gasteiger charge is 2.11. The molecule has 0 saturated heterocycles. The molecule has 122 valence electrons. The summed E-state index contributed by atoms with van der Waals surface area (Å²) in [5.74, 6) is 0.243. The highest BCUT2D eigenvalue weighted by atomic mass is 79.9. The first-order valence-electron chi connectivity index (χ1n) is 7.33. The predicted octanol–water partition coefficient (Wildman–Crippen LogP) is 3.36. The molecule has 1 heterocycles. The van der Waals surface area contributed by atoms with Crippen LogP contribution in [-0.4, -0.2) is 19.1 Å². The summed E-state index contributed by atoms with van der Waals surface area (Å²) in [5.41, 5.74) is 0.146. The van der Waals surface area contributed by atoms with Crippen molar-refractivity contribution in [3.63, 3.8) is 0 Å². The van der Waals surface area contributed by atoms with E-state index in [2.05, 4.69) is 21.2 Å². The van der Waals surface area contributed by atoms with E-state index >= 15 is 0 Å². The summed E-state index contributed by atoms with van der Waals surface area (Å²) in [4.78, 5) is 24.1. The van der Waals surface area contributed by atoms with E-state index in [1.807, 2.05) is 24.3 Å². The number of rotatable bonds is 5. The number of halogens is 1. The fourth-order valence-electron chi connectivity index (χ4n) is 2.19. The second-order valence-electron chi connectivity index (χ2n) is 5.03. The van der Waals surface area contributed by atoms with Gasteiger partial charge in [0.1, 0.15) is 17.9 Å². The van der Waals surface area contributed by atoms with Gasteiger partial charge in [-0.15, -0.1) is 0 Å². The molecule has 1 amide bonds. The van der Waals surface area contributed by atoms with Gasteiger partial charge in [-0.3, -0.25) is 9.59 Å². The molecule has 1 aromatic heterocycles. The molecule has 3 rings (SSSR count). The summed E-state index contributed by atoms with van der Waals surface area (Å²) in [5, 5.41) is 3.12. The summed E-state index contributed by atoms with van der Waals surface area (Å²) in [6.45, 7) is 0.599. The summed E-state index contributed by atoms with van der Waals surface area (Å²) >= 11 is 3.36. The van der Waals surface area contributed by atoms with Gasteiger partial charge in [0.25, 0.3) is 5.91 Å². The first-order valence-corrected chi connectivity index (χ1v) is 8.12. The third kappa shape index (κ3) is 3.83. The number of hydrogen-bond donors (Lipinski definition) is 1. The predicted molar refractivity (Wildman–Crippen MR) is 94.5 cm³/mol. The Hall–Kier alpha value is -2.60. The molecule has 1 N–H and O–H groups in total. The van der Waals surface area contributed by atoms with E-state index in [9.17, 15) is 9.59 Å². The number of para-hydroxylation sites is 1. The molecule has 24 heavy (non-hydrogen) atoms. The fraction of sp³-hybridized carbons (Fsp3) is 0.111. The van der Waals surface area contributed by atoms with Crippen LogP contribution in [0.5, 0.6) is 5.75 Å². The lowest BCUT2D eigenvalue weighted by Gasteiger charge is -2.08. The first kappa shape index (κ1) is 16.3. The molecule has 6 heteroatoms. The molecule has 0 aliphatic rings. The second kappa shape index (κ2) is 7.31. The summed E-state index contributed by atoms with van der Waals surface area (Å²) in [7, 11) is 0. The molecule has 5 nitrogen and oxygen atoms in total. The Bertz CT molecular complexity index is 935. The normalized spacial score (nSPS) is 10.5. The zero-order chi connectivity index (χ0) is 16.9. The summed E-state index contributed by atoms with van der Waals surface area (Å²) in [6.07, 6.45) is 0. The van der Waals surface area contributed by atoms with Gasteiger partial charge in [-0.05, 0) is 30.3 Å². The van der Waals surface area contributed by atoms with Gasteiger partial charge in [0, 0.05) is 10.5 Å². The van der Waals surface area contributed by atoms with Crippen LogP contribution in [0.2, 0.25) is 0 Å². The summed E-state index contributed by atoms with van der Waals surface area (Å²) in [6, 6.07) is 15.4. The van der Waals surface area contributed by atoms with Crippen molar-refractivity contribution in [2.24, 2.45) is 0 Å². The van der Waals surface area contributed by atoms with Crippen LogP contribution in [0.3, 0.4) is 0 Å². The van der Waals surface area contributed by atoms with E-state index in [1.54, 1.807) is 24.3 Å². The van der Waals surface area contributed by atoms with Crippen molar-refractivity contribution in [2.75, 3.05) is 13.2 Å². The van der Waals surface area contributed by atoms with Crippen LogP contribution in [0.25, 0.3) is 11.0 Å². The maximum Gasteiger partial charge on any atom is 0.287 e. The monoisotopic (exact) mass is 387 g/mol. The largest absolute Gasteiger partial charge is 0.492 e. The van der Waals surface area contributed by atoms with E-state index in [4.69, 9.17) is 9.15 Å². The Morgan fingerprint density at radius 3 is 2.79 bits per heavy atom.